The molecule has 1 aliphatic heterocycles. The van der Waals surface area contributed by atoms with Crippen molar-refractivity contribution in [1.82, 2.24) is 10.2 Å². The summed E-state index contributed by atoms with van der Waals surface area (Å²) in [6.07, 6.45) is 0. The summed E-state index contributed by atoms with van der Waals surface area (Å²) >= 11 is 2.01. The number of guanidine groups is 1. The zero-order chi connectivity index (χ0) is 19.0. The first-order chi connectivity index (χ1) is 12.4. The molecular weight excluding hydrogens is 475 g/mol. The summed E-state index contributed by atoms with van der Waals surface area (Å²) in [5.74, 6) is 2.71. The van der Waals surface area contributed by atoms with Crippen LogP contribution < -0.4 is 15.4 Å². The van der Waals surface area contributed by atoms with Crippen LogP contribution in [0.2, 0.25) is 0 Å². The molecule has 1 aliphatic rings. The largest absolute Gasteiger partial charge is 0.492 e. The van der Waals surface area contributed by atoms with Crippen LogP contribution in [-0.2, 0) is 4.79 Å². The Bertz CT molecular complexity index is 640. The van der Waals surface area contributed by atoms with Gasteiger partial charge in [-0.05, 0) is 32.9 Å². The monoisotopic (exact) mass is 506 g/mol. The van der Waals surface area contributed by atoms with Crippen molar-refractivity contribution in [3.05, 3.63) is 24.3 Å². The molecule has 6 nitrogen and oxygen atoms in total. The summed E-state index contributed by atoms with van der Waals surface area (Å²) in [5, 5.41) is 6.14. The molecule has 2 N–H and O–H groups in total. The van der Waals surface area contributed by atoms with Gasteiger partial charge in [0.2, 0.25) is 5.91 Å². The van der Waals surface area contributed by atoms with E-state index in [-0.39, 0.29) is 34.6 Å². The molecule has 0 aliphatic carbocycles. The minimum Gasteiger partial charge on any atom is -0.492 e. The van der Waals surface area contributed by atoms with Gasteiger partial charge in [0.15, 0.2) is 5.96 Å². The SMILES string of the molecule is CCNC(=NCCOc1cccc(NC(C)=O)c1)N1CCSC(C)(C)C1.I. The first-order valence-corrected chi connectivity index (χ1v) is 10.1. The van der Waals surface area contributed by atoms with Crippen LogP contribution in [0.25, 0.3) is 0 Å². The standard InChI is InChI=1S/C19H30N4O2S.HI/c1-5-20-18(23-10-12-26-19(3,4)14-23)21-9-11-25-17-8-6-7-16(13-17)22-15(2)24;/h6-8,13H,5,9-12,14H2,1-4H3,(H,20,21)(H,22,24);1H. The van der Waals surface area contributed by atoms with Crippen molar-refractivity contribution in [2.45, 2.75) is 32.4 Å². The van der Waals surface area contributed by atoms with Crippen LogP contribution >= 0.6 is 35.7 Å². The van der Waals surface area contributed by atoms with Crippen LogP contribution in [0.4, 0.5) is 5.69 Å². The number of benzene rings is 1. The lowest BCUT2D eigenvalue weighted by atomic mass is 10.2. The van der Waals surface area contributed by atoms with E-state index in [1.165, 1.54) is 6.92 Å². The Morgan fingerprint density at radius 1 is 1.41 bits per heavy atom. The smallest absolute Gasteiger partial charge is 0.221 e. The van der Waals surface area contributed by atoms with Crippen molar-refractivity contribution in [3.63, 3.8) is 0 Å². The molecule has 152 valence electrons. The van der Waals surface area contributed by atoms with Crippen LogP contribution in [0, 0.1) is 0 Å². The van der Waals surface area contributed by atoms with Gasteiger partial charge >= 0.3 is 0 Å². The Morgan fingerprint density at radius 3 is 2.85 bits per heavy atom. The third kappa shape index (κ3) is 8.59. The van der Waals surface area contributed by atoms with E-state index in [2.05, 4.69) is 36.3 Å². The maximum Gasteiger partial charge on any atom is 0.221 e. The Hall–Kier alpha value is -1.16. The zero-order valence-corrected chi connectivity index (χ0v) is 19.7. The highest BCUT2D eigenvalue weighted by molar-refractivity contribution is 14.0. The first kappa shape index (κ1) is 23.9. The van der Waals surface area contributed by atoms with E-state index in [0.717, 1.165) is 42.8 Å². The van der Waals surface area contributed by atoms with E-state index in [4.69, 9.17) is 9.73 Å². The lowest BCUT2D eigenvalue weighted by molar-refractivity contribution is -0.114. The molecule has 1 amide bonds. The maximum atomic E-state index is 11.1. The van der Waals surface area contributed by atoms with Crippen LogP contribution in [0.5, 0.6) is 5.75 Å². The number of carbonyl (C=O) groups is 1. The highest BCUT2D eigenvalue weighted by Gasteiger charge is 2.28. The predicted octanol–water partition coefficient (Wildman–Crippen LogP) is 3.43. The average molecular weight is 506 g/mol. The topological polar surface area (TPSA) is 66.0 Å². The van der Waals surface area contributed by atoms with E-state index in [9.17, 15) is 4.79 Å². The van der Waals surface area contributed by atoms with Gasteiger partial charge in [0.25, 0.3) is 0 Å². The molecule has 0 aromatic heterocycles. The summed E-state index contributed by atoms with van der Waals surface area (Å²) in [6.45, 7) is 12.1. The molecule has 8 heteroatoms. The molecule has 27 heavy (non-hydrogen) atoms. The van der Waals surface area contributed by atoms with Gasteiger partial charge in [-0.3, -0.25) is 4.79 Å². The molecule has 2 rings (SSSR count). The number of aliphatic imine (C=N–C) groups is 1. The second-order valence-electron chi connectivity index (χ2n) is 6.82. The molecule has 0 atom stereocenters. The number of halogens is 1. The van der Waals surface area contributed by atoms with Crippen molar-refractivity contribution in [2.75, 3.05) is 43.9 Å². The molecule has 0 unspecified atom stereocenters. The number of amides is 1. The van der Waals surface area contributed by atoms with E-state index in [1.807, 2.05) is 36.0 Å². The van der Waals surface area contributed by atoms with Gasteiger partial charge in [-0.15, -0.1) is 24.0 Å². The van der Waals surface area contributed by atoms with E-state index >= 15 is 0 Å². The lowest BCUT2D eigenvalue weighted by Crippen LogP contribution is -2.51. The molecule has 1 aromatic carbocycles. The summed E-state index contributed by atoms with van der Waals surface area (Å²) in [4.78, 5) is 18.2. The van der Waals surface area contributed by atoms with E-state index in [1.54, 1.807) is 0 Å². The maximum absolute atomic E-state index is 11.1. The molecule has 0 saturated carbocycles. The molecule has 0 bridgehead atoms. The summed E-state index contributed by atoms with van der Waals surface area (Å²) < 4.78 is 6.02. The van der Waals surface area contributed by atoms with Crippen LogP contribution in [0.3, 0.4) is 0 Å². The van der Waals surface area contributed by atoms with Crippen molar-refractivity contribution in [2.24, 2.45) is 4.99 Å². The number of hydrogen-bond donors (Lipinski definition) is 2. The number of ether oxygens (including phenoxy) is 1. The highest BCUT2D eigenvalue weighted by Crippen LogP contribution is 2.29. The number of rotatable bonds is 6. The second kappa shape index (κ2) is 11.6. The predicted molar refractivity (Wildman–Crippen MR) is 126 cm³/mol. The Labute approximate surface area is 183 Å². The molecule has 1 fully saturated rings. The van der Waals surface area contributed by atoms with Gasteiger partial charge in [0.05, 0.1) is 6.54 Å². The van der Waals surface area contributed by atoms with Crippen molar-refractivity contribution in [3.8, 4) is 5.75 Å². The van der Waals surface area contributed by atoms with Crippen LogP contribution in [0.1, 0.15) is 27.7 Å². The number of hydrogen-bond acceptors (Lipinski definition) is 4. The number of anilines is 1. The fourth-order valence-corrected chi connectivity index (χ4v) is 3.92. The van der Waals surface area contributed by atoms with Crippen molar-refractivity contribution < 1.29 is 9.53 Å². The van der Waals surface area contributed by atoms with Crippen molar-refractivity contribution in [1.29, 1.82) is 0 Å². The Kier molecular flexibility index (Phi) is 10.3. The minimum atomic E-state index is -0.0929. The number of nitrogens with zero attached hydrogens (tertiary/aromatic N) is 2. The highest BCUT2D eigenvalue weighted by atomic mass is 127. The third-order valence-corrected chi connectivity index (χ3v) is 5.13. The normalized spacial score (nSPS) is 16.3. The molecule has 1 aromatic rings. The quantitative estimate of drug-likeness (QED) is 0.268. The molecular formula is C19H31IN4O2S. The number of carbonyl (C=O) groups excluding carboxylic acids is 1. The van der Waals surface area contributed by atoms with Gasteiger partial charge in [0, 0.05) is 48.8 Å². The summed E-state index contributed by atoms with van der Waals surface area (Å²) in [5.41, 5.74) is 0.736. The van der Waals surface area contributed by atoms with Gasteiger partial charge in [-0.25, -0.2) is 4.99 Å². The fraction of sp³-hybridized carbons (Fsp3) is 0.579. The van der Waals surface area contributed by atoms with Crippen molar-refractivity contribution >= 4 is 53.3 Å². The Morgan fingerprint density at radius 2 is 2.19 bits per heavy atom. The number of thioether (sulfide) groups is 1. The Balaban J connectivity index is 0.00000364. The third-order valence-electron chi connectivity index (χ3n) is 3.84. The van der Waals surface area contributed by atoms with Gasteiger partial charge in [-0.2, -0.15) is 11.8 Å². The fourth-order valence-electron chi connectivity index (χ4n) is 2.81. The van der Waals surface area contributed by atoms with E-state index in [0.29, 0.717) is 13.2 Å². The molecule has 0 spiro atoms. The van der Waals surface area contributed by atoms with Crippen LogP contribution in [0.15, 0.2) is 29.3 Å². The summed E-state index contributed by atoms with van der Waals surface area (Å²) in [7, 11) is 0. The second-order valence-corrected chi connectivity index (χ2v) is 8.62. The molecule has 1 saturated heterocycles. The first-order valence-electron chi connectivity index (χ1n) is 9.07. The zero-order valence-electron chi connectivity index (χ0n) is 16.6. The van der Waals surface area contributed by atoms with Gasteiger partial charge in [0.1, 0.15) is 12.4 Å². The number of nitrogens with one attached hydrogen (secondary N) is 2. The lowest BCUT2D eigenvalue weighted by Gasteiger charge is -2.39. The minimum absolute atomic E-state index is 0. The van der Waals surface area contributed by atoms with Gasteiger partial charge < -0.3 is 20.3 Å². The van der Waals surface area contributed by atoms with Gasteiger partial charge in [-0.1, -0.05) is 6.07 Å². The average Bonchev–Trinajstić information content (AvgIpc) is 2.56. The van der Waals surface area contributed by atoms with E-state index < -0.39 is 0 Å². The molecule has 0 radical (unpaired) electrons. The summed E-state index contributed by atoms with van der Waals surface area (Å²) in [6, 6.07) is 7.40. The molecule has 1 heterocycles. The van der Waals surface area contributed by atoms with Crippen LogP contribution in [-0.4, -0.2) is 60.1 Å².